The Hall–Kier alpha value is -3.75. The fourth-order valence-corrected chi connectivity index (χ4v) is 3.39. The maximum atomic E-state index is 12.5. The van der Waals surface area contributed by atoms with Gasteiger partial charge >= 0.3 is 0 Å². The summed E-state index contributed by atoms with van der Waals surface area (Å²) in [5, 5.41) is 25.6. The van der Waals surface area contributed by atoms with Crippen molar-refractivity contribution in [2.24, 2.45) is 0 Å². The van der Waals surface area contributed by atoms with E-state index in [1.54, 1.807) is 12.1 Å². The summed E-state index contributed by atoms with van der Waals surface area (Å²) < 4.78 is 2.08. The van der Waals surface area contributed by atoms with Crippen LogP contribution in [0.25, 0.3) is 0 Å². The lowest BCUT2D eigenvalue weighted by Gasteiger charge is -2.09. The van der Waals surface area contributed by atoms with Crippen molar-refractivity contribution in [2.45, 2.75) is 25.8 Å². The van der Waals surface area contributed by atoms with Crippen LogP contribution in [0.5, 0.6) is 0 Å². The first-order valence-electron chi connectivity index (χ1n) is 9.41. The number of aryl methyl sites for hydroxylation is 1. The van der Waals surface area contributed by atoms with Crippen LogP contribution >= 0.6 is 0 Å². The summed E-state index contributed by atoms with van der Waals surface area (Å²) >= 11 is 0. The fraction of sp³-hybridized carbons (Fsp3) is 0.250. The number of amides is 1. The van der Waals surface area contributed by atoms with Crippen molar-refractivity contribution in [3.05, 3.63) is 75.9 Å². The molecule has 2 aromatic carbocycles. The van der Waals surface area contributed by atoms with E-state index in [1.807, 2.05) is 30.3 Å². The number of benzene rings is 2. The molecule has 0 saturated carbocycles. The SMILES string of the molecule is O=C(NCCc1nnc2n1CCC2)c1ccc(Nc2ccccc2)c([N+](=O)[O-])c1. The van der Waals surface area contributed by atoms with Gasteiger partial charge in [-0.25, -0.2) is 0 Å². The molecule has 9 heteroatoms. The summed E-state index contributed by atoms with van der Waals surface area (Å²) in [6, 6.07) is 13.6. The van der Waals surface area contributed by atoms with Crippen LogP contribution in [-0.2, 0) is 19.4 Å². The third-order valence-electron chi connectivity index (χ3n) is 4.83. The van der Waals surface area contributed by atoms with Crippen molar-refractivity contribution in [1.29, 1.82) is 0 Å². The number of nitrogens with zero attached hydrogens (tertiary/aromatic N) is 4. The van der Waals surface area contributed by atoms with E-state index in [2.05, 4.69) is 25.4 Å². The average molecular weight is 392 g/mol. The summed E-state index contributed by atoms with van der Waals surface area (Å²) in [7, 11) is 0. The maximum Gasteiger partial charge on any atom is 0.293 e. The number of rotatable bonds is 7. The Kier molecular flexibility index (Phi) is 5.19. The van der Waals surface area contributed by atoms with Gasteiger partial charge in [-0.15, -0.1) is 10.2 Å². The third-order valence-corrected chi connectivity index (χ3v) is 4.83. The molecular weight excluding hydrogens is 372 g/mol. The number of hydrogen-bond acceptors (Lipinski definition) is 6. The van der Waals surface area contributed by atoms with E-state index >= 15 is 0 Å². The Morgan fingerprint density at radius 2 is 2.00 bits per heavy atom. The molecule has 1 aliphatic rings. The van der Waals surface area contributed by atoms with Crippen LogP contribution in [0, 0.1) is 10.1 Å². The zero-order valence-corrected chi connectivity index (χ0v) is 15.7. The molecule has 3 aromatic rings. The van der Waals surface area contributed by atoms with Gasteiger partial charge < -0.3 is 15.2 Å². The monoisotopic (exact) mass is 392 g/mol. The van der Waals surface area contributed by atoms with Gasteiger partial charge in [0, 0.05) is 43.2 Å². The van der Waals surface area contributed by atoms with E-state index < -0.39 is 4.92 Å². The second kappa shape index (κ2) is 8.09. The summed E-state index contributed by atoms with van der Waals surface area (Å²) in [6.07, 6.45) is 2.57. The molecule has 0 unspecified atom stereocenters. The van der Waals surface area contributed by atoms with Crippen LogP contribution in [0.2, 0.25) is 0 Å². The second-order valence-corrected chi connectivity index (χ2v) is 6.77. The molecule has 4 rings (SSSR count). The van der Waals surface area contributed by atoms with Crippen molar-refractivity contribution in [2.75, 3.05) is 11.9 Å². The number of nitro benzene ring substituents is 1. The van der Waals surface area contributed by atoms with Crippen LogP contribution < -0.4 is 10.6 Å². The minimum absolute atomic E-state index is 0.156. The zero-order valence-electron chi connectivity index (χ0n) is 15.7. The van der Waals surface area contributed by atoms with Gasteiger partial charge in [0.15, 0.2) is 0 Å². The normalized spacial score (nSPS) is 12.4. The first-order chi connectivity index (χ1) is 14.1. The van der Waals surface area contributed by atoms with Crippen molar-refractivity contribution in [3.8, 4) is 0 Å². The predicted octanol–water partition coefficient (Wildman–Crippen LogP) is 2.85. The molecule has 9 nitrogen and oxygen atoms in total. The summed E-state index contributed by atoms with van der Waals surface area (Å²) in [5.41, 5.74) is 1.14. The molecule has 0 fully saturated rings. The zero-order chi connectivity index (χ0) is 20.2. The standard InChI is InChI=1S/C20H20N6O3/c27-20(21-11-10-19-24-23-18-7-4-12-25(18)19)14-8-9-16(17(13-14)26(28)29)22-15-5-2-1-3-6-15/h1-3,5-6,8-9,13,22H,4,7,10-12H2,(H,21,27). The second-order valence-electron chi connectivity index (χ2n) is 6.77. The minimum Gasteiger partial charge on any atom is -0.352 e. The first-order valence-corrected chi connectivity index (χ1v) is 9.41. The Bertz CT molecular complexity index is 1050. The minimum atomic E-state index is -0.498. The molecule has 0 radical (unpaired) electrons. The van der Waals surface area contributed by atoms with E-state index in [0.29, 0.717) is 18.7 Å². The number of aromatic nitrogens is 3. The number of para-hydroxylation sites is 1. The molecule has 1 aliphatic heterocycles. The van der Waals surface area contributed by atoms with E-state index in [1.165, 1.54) is 6.07 Å². The third kappa shape index (κ3) is 4.08. The summed E-state index contributed by atoms with van der Waals surface area (Å²) in [5.74, 6) is 1.48. The summed E-state index contributed by atoms with van der Waals surface area (Å²) in [6.45, 7) is 1.29. The van der Waals surface area contributed by atoms with Crippen molar-refractivity contribution < 1.29 is 9.72 Å². The van der Waals surface area contributed by atoms with Gasteiger partial charge in [0.05, 0.1) is 4.92 Å². The van der Waals surface area contributed by atoms with Gasteiger partial charge in [0.2, 0.25) is 0 Å². The number of nitrogens with one attached hydrogen (secondary N) is 2. The van der Waals surface area contributed by atoms with Gasteiger partial charge in [-0.2, -0.15) is 0 Å². The lowest BCUT2D eigenvalue weighted by molar-refractivity contribution is -0.383. The molecule has 148 valence electrons. The molecule has 1 aromatic heterocycles. The molecule has 0 spiro atoms. The van der Waals surface area contributed by atoms with E-state index in [0.717, 1.165) is 36.7 Å². The highest BCUT2D eigenvalue weighted by atomic mass is 16.6. The van der Waals surface area contributed by atoms with Gasteiger partial charge in [-0.1, -0.05) is 18.2 Å². The first kappa shape index (κ1) is 18.6. The van der Waals surface area contributed by atoms with Crippen LogP contribution in [0.4, 0.5) is 17.1 Å². The highest BCUT2D eigenvalue weighted by Gasteiger charge is 2.19. The Morgan fingerprint density at radius 1 is 1.17 bits per heavy atom. The van der Waals surface area contributed by atoms with Gasteiger partial charge in [-0.05, 0) is 30.7 Å². The molecular formula is C20H20N6O3. The van der Waals surface area contributed by atoms with Crippen LogP contribution in [0.15, 0.2) is 48.5 Å². The van der Waals surface area contributed by atoms with Gasteiger partial charge in [-0.3, -0.25) is 14.9 Å². The topological polar surface area (TPSA) is 115 Å². The molecule has 2 N–H and O–H groups in total. The van der Waals surface area contributed by atoms with Crippen LogP contribution in [0.3, 0.4) is 0 Å². The smallest absolute Gasteiger partial charge is 0.293 e. The average Bonchev–Trinajstić information content (AvgIpc) is 3.33. The molecule has 0 aliphatic carbocycles. The van der Waals surface area contributed by atoms with Gasteiger partial charge in [0.25, 0.3) is 11.6 Å². The molecule has 0 bridgehead atoms. The molecule has 1 amide bonds. The lowest BCUT2D eigenvalue weighted by Crippen LogP contribution is -2.26. The van der Waals surface area contributed by atoms with Crippen LogP contribution in [0.1, 0.15) is 28.4 Å². The van der Waals surface area contributed by atoms with E-state index in [9.17, 15) is 14.9 Å². The predicted molar refractivity (Wildman–Crippen MR) is 107 cm³/mol. The number of fused-ring (bicyclic) bond motifs is 1. The molecule has 0 atom stereocenters. The van der Waals surface area contributed by atoms with E-state index in [4.69, 9.17) is 0 Å². The number of anilines is 2. The maximum absolute atomic E-state index is 12.5. The lowest BCUT2D eigenvalue weighted by atomic mass is 10.1. The van der Waals surface area contributed by atoms with Crippen molar-refractivity contribution >= 4 is 23.0 Å². The van der Waals surface area contributed by atoms with Crippen molar-refractivity contribution in [1.82, 2.24) is 20.1 Å². The highest BCUT2D eigenvalue weighted by Crippen LogP contribution is 2.28. The van der Waals surface area contributed by atoms with Crippen LogP contribution in [-0.4, -0.2) is 32.1 Å². The number of carbonyl (C=O) groups excluding carboxylic acids is 1. The number of nitro groups is 1. The van der Waals surface area contributed by atoms with Crippen molar-refractivity contribution in [3.63, 3.8) is 0 Å². The molecule has 0 saturated heterocycles. The van der Waals surface area contributed by atoms with Gasteiger partial charge in [0.1, 0.15) is 17.3 Å². The van der Waals surface area contributed by atoms with E-state index in [-0.39, 0.29) is 17.2 Å². The number of carbonyl (C=O) groups is 1. The highest BCUT2D eigenvalue weighted by molar-refractivity contribution is 5.95. The Labute approximate surface area is 166 Å². The molecule has 29 heavy (non-hydrogen) atoms. The fourth-order valence-electron chi connectivity index (χ4n) is 3.39. The largest absolute Gasteiger partial charge is 0.352 e. The quantitative estimate of drug-likeness (QED) is 0.472. The number of hydrogen-bond donors (Lipinski definition) is 2. The Balaban J connectivity index is 1.42. The molecule has 2 heterocycles. The Morgan fingerprint density at radius 3 is 2.79 bits per heavy atom. The summed E-state index contributed by atoms with van der Waals surface area (Å²) in [4.78, 5) is 23.4.